The van der Waals surface area contributed by atoms with Crippen molar-refractivity contribution >= 4 is 23.2 Å². The Hall–Kier alpha value is -4.08. The summed E-state index contributed by atoms with van der Waals surface area (Å²) in [6.45, 7) is 2.24. The van der Waals surface area contributed by atoms with Crippen molar-refractivity contribution in [3.8, 4) is 5.75 Å². The van der Waals surface area contributed by atoms with Crippen LogP contribution in [0.15, 0.2) is 73.1 Å². The molecule has 2 amide bonds. The summed E-state index contributed by atoms with van der Waals surface area (Å²) in [6, 6.07) is 14.7. The Morgan fingerprint density at radius 3 is 2.29 bits per heavy atom. The van der Waals surface area contributed by atoms with Gasteiger partial charge in [-0.25, -0.2) is 0 Å². The molecule has 1 fully saturated rings. The predicted molar refractivity (Wildman–Crippen MR) is 124 cm³/mol. The lowest BCUT2D eigenvalue weighted by atomic mass is 10.1. The number of nitrogens with zero attached hydrogens (tertiary/aromatic N) is 3. The van der Waals surface area contributed by atoms with Gasteiger partial charge in [-0.1, -0.05) is 6.07 Å². The Balaban J connectivity index is 1.26. The van der Waals surface area contributed by atoms with E-state index in [1.807, 2.05) is 12.1 Å². The zero-order chi connectivity index (χ0) is 24.8. The Morgan fingerprint density at radius 2 is 1.63 bits per heavy atom. The molecular weight excluding hydrogens is 461 g/mol. The topological polar surface area (TPSA) is 74.8 Å². The fourth-order valence-corrected chi connectivity index (χ4v) is 3.72. The Labute approximate surface area is 200 Å². The Kier molecular flexibility index (Phi) is 7.19. The second kappa shape index (κ2) is 10.5. The zero-order valence-electron chi connectivity index (χ0n) is 18.7. The van der Waals surface area contributed by atoms with E-state index >= 15 is 0 Å². The van der Waals surface area contributed by atoms with Crippen molar-refractivity contribution in [2.75, 3.05) is 43.0 Å². The van der Waals surface area contributed by atoms with Crippen molar-refractivity contribution in [1.29, 1.82) is 0 Å². The third-order valence-corrected chi connectivity index (χ3v) is 5.54. The van der Waals surface area contributed by atoms with Crippen LogP contribution < -0.4 is 15.0 Å². The van der Waals surface area contributed by atoms with Crippen LogP contribution in [-0.4, -0.2) is 54.5 Å². The molecule has 1 aromatic heterocycles. The molecule has 2 aromatic carbocycles. The minimum absolute atomic E-state index is 0.0263. The summed E-state index contributed by atoms with van der Waals surface area (Å²) in [5.41, 5.74) is 0.752. The van der Waals surface area contributed by atoms with Crippen LogP contribution in [0.3, 0.4) is 0 Å². The third-order valence-electron chi connectivity index (χ3n) is 5.54. The Morgan fingerprint density at radius 1 is 0.943 bits per heavy atom. The SMILES string of the molecule is O=C(COc1ccc(C(=O)N2CCN(c3ccncc3)CC2)cc1)Nc1cccc(C(F)(F)F)c1. The average molecular weight is 484 g/mol. The molecule has 1 saturated heterocycles. The normalized spacial score (nSPS) is 13.9. The van der Waals surface area contributed by atoms with Gasteiger partial charge in [0.05, 0.1) is 5.56 Å². The monoisotopic (exact) mass is 484 g/mol. The lowest BCUT2D eigenvalue weighted by molar-refractivity contribution is -0.137. The molecular formula is C25H23F3N4O3. The molecule has 4 rings (SSSR count). The maximum Gasteiger partial charge on any atom is 0.416 e. The summed E-state index contributed by atoms with van der Waals surface area (Å²) in [5.74, 6) is -0.326. The number of carbonyl (C=O) groups excluding carboxylic acids is 2. The van der Waals surface area contributed by atoms with E-state index in [0.29, 0.717) is 24.4 Å². The van der Waals surface area contributed by atoms with Crippen molar-refractivity contribution in [3.63, 3.8) is 0 Å². The first kappa shape index (κ1) is 24.1. The largest absolute Gasteiger partial charge is 0.484 e. The average Bonchev–Trinajstić information content (AvgIpc) is 2.88. The number of nitrogens with one attached hydrogen (secondary N) is 1. The molecule has 1 N–H and O–H groups in total. The molecule has 0 saturated carbocycles. The van der Waals surface area contributed by atoms with E-state index in [0.717, 1.165) is 30.9 Å². The van der Waals surface area contributed by atoms with E-state index in [-0.39, 0.29) is 18.2 Å². The predicted octanol–water partition coefficient (Wildman–Crippen LogP) is 4.08. The number of ether oxygens (including phenoxy) is 1. The van der Waals surface area contributed by atoms with Crippen LogP contribution in [0.1, 0.15) is 15.9 Å². The number of aromatic nitrogens is 1. The summed E-state index contributed by atoms with van der Waals surface area (Å²) in [7, 11) is 0. The molecule has 3 aromatic rings. The lowest BCUT2D eigenvalue weighted by Crippen LogP contribution is -2.48. The number of amides is 2. The van der Waals surface area contributed by atoms with E-state index in [1.165, 1.54) is 12.1 Å². The zero-order valence-corrected chi connectivity index (χ0v) is 18.7. The highest BCUT2D eigenvalue weighted by Gasteiger charge is 2.30. The van der Waals surface area contributed by atoms with E-state index in [4.69, 9.17) is 4.74 Å². The molecule has 2 heterocycles. The van der Waals surface area contributed by atoms with Crippen molar-refractivity contribution < 1.29 is 27.5 Å². The van der Waals surface area contributed by atoms with Gasteiger partial charge in [0.1, 0.15) is 5.75 Å². The van der Waals surface area contributed by atoms with Gasteiger partial charge in [-0.05, 0) is 54.6 Å². The highest BCUT2D eigenvalue weighted by atomic mass is 19.4. The summed E-state index contributed by atoms with van der Waals surface area (Å²) in [4.78, 5) is 32.9. The highest BCUT2D eigenvalue weighted by Crippen LogP contribution is 2.30. The van der Waals surface area contributed by atoms with Crippen LogP contribution in [-0.2, 0) is 11.0 Å². The summed E-state index contributed by atoms with van der Waals surface area (Å²) in [5, 5.41) is 2.38. The fourth-order valence-electron chi connectivity index (χ4n) is 3.72. The second-order valence-electron chi connectivity index (χ2n) is 7.92. The molecule has 1 aliphatic heterocycles. The molecule has 0 aliphatic carbocycles. The number of hydrogen-bond donors (Lipinski definition) is 1. The number of hydrogen-bond acceptors (Lipinski definition) is 5. The molecule has 7 nitrogen and oxygen atoms in total. The standard InChI is InChI=1S/C25H23F3N4O3/c26-25(27,28)19-2-1-3-20(16-19)30-23(33)17-35-22-6-4-18(5-7-22)24(34)32-14-12-31(13-15-32)21-8-10-29-11-9-21/h1-11,16H,12-15,17H2,(H,30,33). The summed E-state index contributed by atoms with van der Waals surface area (Å²) >= 11 is 0. The van der Waals surface area contributed by atoms with Gasteiger partial charge in [-0.3, -0.25) is 14.6 Å². The van der Waals surface area contributed by atoms with Crippen molar-refractivity contribution in [3.05, 3.63) is 84.2 Å². The molecule has 1 aliphatic rings. The Bertz CT molecular complexity index is 1160. The van der Waals surface area contributed by atoms with Crippen LogP contribution in [0, 0.1) is 0 Å². The minimum Gasteiger partial charge on any atom is -0.484 e. The smallest absolute Gasteiger partial charge is 0.416 e. The van der Waals surface area contributed by atoms with Crippen LogP contribution in [0.5, 0.6) is 5.75 Å². The van der Waals surface area contributed by atoms with Crippen LogP contribution in [0.25, 0.3) is 0 Å². The van der Waals surface area contributed by atoms with E-state index < -0.39 is 17.6 Å². The van der Waals surface area contributed by atoms with Crippen LogP contribution in [0.4, 0.5) is 24.5 Å². The number of alkyl halides is 3. The highest BCUT2D eigenvalue weighted by molar-refractivity contribution is 5.94. The fraction of sp³-hybridized carbons (Fsp3) is 0.240. The second-order valence-corrected chi connectivity index (χ2v) is 7.92. The number of rotatable bonds is 6. The van der Waals surface area contributed by atoms with Crippen molar-refractivity contribution in [1.82, 2.24) is 9.88 Å². The van der Waals surface area contributed by atoms with Gasteiger partial charge < -0.3 is 19.9 Å². The van der Waals surface area contributed by atoms with Gasteiger partial charge in [0.2, 0.25) is 0 Å². The van der Waals surface area contributed by atoms with Crippen LogP contribution in [0.2, 0.25) is 0 Å². The number of piperazine rings is 1. The van der Waals surface area contributed by atoms with Crippen LogP contribution >= 0.6 is 0 Å². The van der Waals surface area contributed by atoms with Crippen molar-refractivity contribution in [2.45, 2.75) is 6.18 Å². The first-order valence-electron chi connectivity index (χ1n) is 10.9. The first-order chi connectivity index (χ1) is 16.8. The van der Waals surface area contributed by atoms with E-state index in [2.05, 4.69) is 15.2 Å². The van der Waals surface area contributed by atoms with Gasteiger partial charge >= 0.3 is 6.18 Å². The summed E-state index contributed by atoms with van der Waals surface area (Å²) < 4.78 is 43.8. The number of carbonyl (C=O) groups is 2. The maximum absolute atomic E-state index is 12.8. The molecule has 10 heteroatoms. The maximum atomic E-state index is 12.8. The first-order valence-corrected chi connectivity index (χ1v) is 10.9. The summed E-state index contributed by atoms with van der Waals surface area (Å²) in [6.07, 6.45) is -1.01. The van der Waals surface area contributed by atoms with E-state index in [9.17, 15) is 22.8 Å². The number of pyridine rings is 1. The quantitative estimate of drug-likeness (QED) is 0.571. The number of halogens is 3. The van der Waals surface area contributed by atoms with E-state index in [1.54, 1.807) is 41.6 Å². The van der Waals surface area contributed by atoms with Crippen molar-refractivity contribution in [2.24, 2.45) is 0 Å². The van der Waals surface area contributed by atoms with Gasteiger partial charge in [0.25, 0.3) is 11.8 Å². The number of anilines is 2. The third kappa shape index (κ3) is 6.28. The van der Waals surface area contributed by atoms with Gasteiger partial charge in [0, 0.05) is 55.5 Å². The number of benzene rings is 2. The molecule has 0 radical (unpaired) electrons. The molecule has 0 unspecified atom stereocenters. The molecule has 0 bridgehead atoms. The molecule has 0 spiro atoms. The molecule has 182 valence electrons. The van der Waals surface area contributed by atoms with Gasteiger partial charge in [-0.2, -0.15) is 13.2 Å². The van der Waals surface area contributed by atoms with Gasteiger partial charge in [-0.15, -0.1) is 0 Å². The van der Waals surface area contributed by atoms with Gasteiger partial charge in [0.15, 0.2) is 6.61 Å². The molecule has 0 atom stereocenters. The lowest BCUT2D eigenvalue weighted by Gasteiger charge is -2.36. The minimum atomic E-state index is -4.50. The molecule has 35 heavy (non-hydrogen) atoms.